The minimum absolute atomic E-state index is 0.0872. The molecule has 174 valence electrons. The molecule has 0 aromatic carbocycles. The number of carbonyl (C=O) groups is 2. The molecule has 0 saturated heterocycles. The monoisotopic (exact) mass is 448 g/mol. The lowest BCUT2D eigenvalue weighted by molar-refractivity contribution is -0.170. The summed E-state index contributed by atoms with van der Waals surface area (Å²) < 4.78 is 17.5. The quantitative estimate of drug-likeness (QED) is 0.345. The Bertz CT molecular complexity index is 802. The molecule has 2 bridgehead atoms. The molecule has 6 heteroatoms. The summed E-state index contributed by atoms with van der Waals surface area (Å²) in [7, 11) is 1.23. The van der Waals surface area contributed by atoms with Crippen LogP contribution in [0.1, 0.15) is 52.4 Å². The molecule has 4 fully saturated rings. The highest BCUT2D eigenvalue weighted by molar-refractivity contribution is 6.69. The summed E-state index contributed by atoms with van der Waals surface area (Å²) in [4.78, 5) is 26.6. The van der Waals surface area contributed by atoms with Gasteiger partial charge in [-0.25, -0.2) is 0 Å². The molecular weight excluding hydrogens is 408 g/mol. The van der Waals surface area contributed by atoms with Gasteiger partial charge >= 0.3 is 11.9 Å². The fourth-order valence-electron chi connectivity index (χ4n) is 8.74. The van der Waals surface area contributed by atoms with E-state index in [0.29, 0.717) is 11.8 Å². The second kappa shape index (κ2) is 7.18. The van der Waals surface area contributed by atoms with Gasteiger partial charge in [0.05, 0.1) is 31.7 Å². The Labute approximate surface area is 188 Å². The lowest BCUT2D eigenvalue weighted by Gasteiger charge is -2.51. The van der Waals surface area contributed by atoms with Crippen LogP contribution in [0.15, 0.2) is 12.2 Å². The Morgan fingerprint density at radius 1 is 1.10 bits per heavy atom. The van der Waals surface area contributed by atoms with Gasteiger partial charge in [0.15, 0.2) is 8.32 Å². The fourth-order valence-corrected chi connectivity index (χ4v) is 9.91. The molecule has 4 aliphatic rings. The first-order chi connectivity index (χ1) is 14.3. The van der Waals surface area contributed by atoms with E-state index in [9.17, 15) is 9.59 Å². The summed E-state index contributed by atoms with van der Waals surface area (Å²) in [5.41, 5.74) is 0.229. The highest BCUT2D eigenvalue weighted by Crippen LogP contribution is 2.78. The predicted octanol–water partition coefficient (Wildman–Crippen LogP) is 4.97. The van der Waals surface area contributed by atoms with Crippen LogP contribution in [0, 0.1) is 39.9 Å². The maximum Gasteiger partial charge on any atom is 0.311 e. The van der Waals surface area contributed by atoms with E-state index in [1.54, 1.807) is 0 Å². The van der Waals surface area contributed by atoms with Crippen LogP contribution in [0.3, 0.4) is 0 Å². The van der Waals surface area contributed by atoms with E-state index < -0.39 is 13.7 Å². The average Bonchev–Trinajstić information content (AvgIpc) is 3.09. The molecule has 5 nitrogen and oxygen atoms in total. The molecule has 0 aromatic heterocycles. The standard InChI is InChI=1S/C25H40O5Si/c1-15-13-25-14-16(15)17(30-31(6,7)8)12-18(25)23(2)10-9-11-24(3,22(27)29-5)20(23)19(25)21(26)28-4/h16-20H,1,9-14H2,2-8H3/t16?,17-,18-,19+,20?,23-,24+,25-/m0/s1. The van der Waals surface area contributed by atoms with E-state index in [-0.39, 0.29) is 40.7 Å². The summed E-state index contributed by atoms with van der Waals surface area (Å²) in [6.45, 7) is 15.6. The van der Waals surface area contributed by atoms with Gasteiger partial charge in [0, 0.05) is 5.92 Å². The molecule has 4 saturated carbocycles. The van der Waals surface area contributed by atoms with Crippen LogP contribution in [0.5, 0.6) is 0 Å². The van der Waals surface area contributed by atoms with Gasteiger partial charge in [0.2, 0.25) is 0 Å². The van der Waals surface area contributed by atoms with Gasteiger partial charge in [0.25, 0.3) is 0 Å². The van der Waals surface area contributed by atoms with Crippen molar-refractivity contribution in [3.05, 3.63) is 12.2 Å². The lowest BCUT2D eigenvalue weighted by Crippen LogP contribution is -2.51. The van der Waals surface area contributed by atoms with Gasteiger partial charge < -0.3 is 13.9 Å². The van der Waals surface area contributed by atoms with Crippen LogP contribution in [0.2, 0.25) is 19.6 Å². The first-order valence-electron chi connectivity index (χ1n) is 11.9. The Hall–Kier alpha value is -1.14. The van der Waals surface area contributed by atoms with E-state index in [2.05, 4.69) is 33.1 Å². The summed E-state index contributed by atoms with van der Waals surface area (Å²) in [5.74, 6) is -0.120. The third kappa shape index (κ3) is 3.11. The molecule has 8 atom stereocenters. The zero-order chi connectivity index (χ0) is 23.0. The van der Waals surface area contributed by atoms with Crippen LogP contribution >= 0.6 is 0 Å². The third-order valence-corrected chi connectivity index (χ3v) is 10.5. The van der Waals surface area contributed by atoms with Gasteiger partial charge in [-0.3, -0.25) is 9.59 Å². The zero-order valence-electron chi connectivity index (χ0n) is 20.4. The number of rotatable bonds is 4. The van der Waals surface area contributed by atoms with Crippen LogP contribution < -0.4 is 0 Å². The number of hydrogen-bond acceptors (Lipinski definition) is 5. The normalized spacial score (nSPS) is 46.3. The number of esters is 2. The van der Waals surface area contributed by atoms with Crippen molar-refractivity contribution < 1.29 is 23.5 Å². The smallest absolute Gasteiger partial charge is 0.311 e. The minimum atomic E-state index is -1.73. The van der Waals surface area contributed by atoms with Crippen molar-refractivity contribution in [2.45, 2.75) is 78.1 Å². The topological polar surface area (TPSA) is 61.8 Å². The Morgan fingerprint density at radius 3 is 2.35 bits per heavy atom. The average molecular weight is 449 g/mol. The second-order valence-corrected chi connectivity index (χ2v) is 16.6. The van der Waals surface area contributed by atoms with Crippen molar-refractivity contribution in [1.82, 2.24) is 0 Å². The largest absolute Gasteiger partial charge is 0.469 e. The molecule has 0 aromatic rings. The Kier molecular flexibility index (Phi) is 5.33. The van der Waals surface area contributed by atoms with E-state index in [0.717, 1.165) is 38.5 Å². The van der Waals surface area contributed by atoms with Gasteiger partial charge in [-0.2, -0.15) is 0 Å². The molecule has 0 heterocycles. The molecular formula is C25H40O5Si. The zero-order valence-corrected chi connectivity index (χ0v) is 21.4. The molecule has 2 unspecified atom stereocenters. The third-order valence-electron chi connectivity index (χ3n) is 9.46. The first kappa shape index (κ1) is 23.0. The molecule has 4 aliphatic carbocycles. The number of hydrogen-bond donors (Lipinski definition) is 0. The summed E-state index contributed by atoms with van der Waals surface area (Å²) in [5, 5.41) is 0. The summed E-state index contributed by atoms with van der Waals surface area (Å²) >= 11 is 0. The molecule has 0 aliphatic heterocycles. The highest BCUT2D eigenvalue weighted by Gasteiger charge is 2.76. The van der Waals surface area contributed by atoms with Crippen molar-refractivity contribution in [3.8, 4) is 0 Å². The minimum Gasteiger partial charge on any atom is -0.469 e. The van der Waals surface area contributed by atoms with E-state index in [4.69, 9.17) is 13.9 Å². The van der Waals surface area contributed by atoms with Gasteiger partial charge in [0.1, 0.15) is 0 Å². The van der Waals surface area contributed by atoms with E-state index in [1.807, 2.05) is 6.92 Å². The second-order valence-electron chi connectivity index (χ2n) is 12.2. The maximum atomic E-state index is 13.4. The predicted molar refractivity (Wildman–Crippen MR) is 122 cm³/mol. The number of ether oxygens (including phenoxy) is 2. The molecule has 31 heavy (non-hydrogen) atoms. The van der Waals surface area contributed by atoms with E-state index >= 15 is 0 Å². The molecule has 0 radical (unpaired) electrons. The molecule has 0 amide bonds. The summed E-state index contributed by atoms with van der Waals surface area (Å²) in [6, 6.07) is 0. The molecule has 1 spiro atoms. The van der Waals surface area contributed by atoms with Crippen molar-refractivity contribution >= 4 is 20.3 Å². The van der Waals surface area contributed by atoms with Gasteiger partial charge in [-0.15, -0.1) is 0 Å². The SMILES string of the molecule is C=C1C[C@]23CC1[C@@H](O[Si](C)(C)C)C[C@H]2[C@]1(C)CCC[C@@](C)(C(=O)OC)C1[C@@H]3C(=O)OC. The maximum absolute atomic E-state index is 13.4. The van der Waals surface area contributed by atoms with Crippen LogP contribution in [-0.4, -0.2) is 40.6 Å². The van der Waals surface area contributed by atoms with Gasteiger partial charge in [-0.1, -0.05) is 25.5 Å². The Balaban J connectivity index is 1.87. The Morgan fingerprint density at radius 2 is 1.77 bits per heavy atom. The van der Waals surface area contributed by atoms with Crippen LogP contribution in [0.4, 0.5) is 0 Å². The van der Waals surface area contributed by atoms with Crippen LogP contribution in [-0.2, 0) is 23.5 Å². The summed E-state index contributed by atoms with van der Waals surface area (Å²) in [6.07, 6.45) is 5.65. The first-order valence-corrected chi connectivity index (χ1v) is 15.3. The number of carbonyl (C=O) groups excluding carboxylic acids is 2. The van der Waals surface area contributed by atoms with E-state index in [1.165, 1.54) is 19.8 Å². The number of methoxy groups -OCH3 is 2. The van der Waals surface area contributed by atoms with Crippen molar-refractivity contribution in [1.29, 1.82) is 0 Å². The van der Waals surface area contributed by atoms with Crippen LogP contribution in [0.25, 0.3) is 0 Å². The highest BCUT2D eigenvalue weighted by atomic mass is 28.4. The van der Waals surface area contributed by atoms with Crippen molar-refractivity contribution in [2.75, 3.05) is 14.2 Å². The lowest BCUT2D eigenvalue weighted by atomic mass is 9.53. The van der Waals surface area contributed by atoms with Crippen molar-refractivity contribution in [2.24, 2.45) is 39.9 Å². The molecule has 0 N–H and O–H groups in total. The van der Waals surface area contributed by atoms with Gasteiger partial charge in [-0.05, 0) is 81.3 Å². The fraction of sp³-hybridized carbons (Fsp3) is 0.840. The molecule has 4 rings (SSSR count). The number of fused-ring (bicyclic) bond motifs is 3. The van der Waals surface area contributed by atoms with Crippen molar-refractivity contribution in [3.63, 3.8) is 0 Å².